The minimum Gasteiger partial charge on any atom is -0.496 e. The number of nitrogens with zero attached hydrogens (tertiary/aromatic N) is 1. The third kappa shape index (κ3) is 4.72. The minimum absolute atomic E-state index is 0. The number of halogens is 1. The van der Waals surface area contributed by atoms with Gasteiger partial charge in [-0.1, -0.05) is 50.1 Å². The second kappa shape index (κ2) is 9.84. The molecule has 1 aliphatic heterocycles. The van der Waals surface area contributed by atoms with E-state index in [0.29, 0.717) is 12.0 Å². The molecule has 2 atom stereocenters. The molecule has 1 aliphatic rings. The molecule has 1 saturated heterocycles. The Bertz CT molecular complexity index is 677. The van der Waals surface area contributed by atoms with Crippen LogP contribution in [0.25, 0.3) is 11.1 Å². The molecule has 3 nitrogen and oxygen atoms in total. The summed E-state index contributed by atoms with van der Waals surface area (Å²) >= 11 is 0. The van der Waals surface area contributed by atoms with Crippen LogP contribution in [0.5, 0.6) is 5.75 Å². The summed E-state index contributed by atoms with van der Waals surface area (Å²) in [5, 5.41) is 0. The molecule has 1 heterocycles. The van der Waals surface area contributed by atoms with E-state index in [-0.39, 0.29) is 12.4 Å². The molecular formula is C22H31ClN2O. The average Bonchev–Trinajstić information content (AvgIpc) is 2.67. The second-order valence-electron chi connectivity index (χ2n) is 7.05. The number of piperidine rings is 1. The Morgan fingerprint density at radius 2 is 1.92 bits per heavy atom. The highest BCUT2D eigenvalue weighted by Crippen LogP contribution is 2.35. The number of ether oxygens (including phenoxy) is 1. The van der Waals surface area contributed by atoms with E-state index in [2.05, 4.69) is 54.3 Å². The number of nitrogens with two attached hydrogens (primary N) is 1. The van der Waals surface area contributed by atoms with Gasteiger partial charge in [-0.3, -0.25) is 0 Å². The summed E-state index contributed by atoms with van der Waals surface area (Å²) in [7, 11) is 1.74. The number of rotatable bonds is 6. The molecule has 2 aromatic carbocycles. The van der Waals surface area contributed by atoms with E-state index in [4.69, 9.17) is 10.5 Å². The van der Waals surface area contributed by atoms with Crippen LogP contribution in [0.3, 0.4) is 0 Å². The van der Waals surface area contributed by atoms with Crippen LogP contribution in [-0.2, 0) is 0 Å². The molecule has 1 fully saturated rings. The topological polar surface area (TPSA) is 38.5 Å². The van der Waals surface area contributed by atoms with Gasteiger partial charge in [-0.15, -0.1) is 12.4 Å². The van der Waals surface area contributed by atoms with Gasteiger partial charge in [0.15, 0.2) is 0 Å². The molecule has 2 N–H and O–H groups in total. The molecule has 26 heavy (non-hydrogen) atoms. The Labute approximate surface area is 163 Å². The Morgan fingerprint density at radius 3 is 2.62 bits per heavy atom. The van der Waals surface area contributed by atoms with E-state index in [9.17, 15) is 0 Å². The molecule has 0 aromatic heterocycles. The molecule has 142 valence electrons. The lowest BCUT2D eigenvalue weighted by atomic mass is 9.88. The summed E-state index contributed by atoms with van der Waals surface area (Å²) < 4.78 is 5.59. The van der Waals surface area contributed by atoms with Crippen LogP contribution in [0.1, 0.15) is 32.6 Å². The summed E-state index contributed by atoms with van der Waals surface area (Å²) in [4.78, 5) is 2.50. The number of hydrogen-bond donors (Lipinski definition) is 1. The van der Waals surface area contributed by atoms with Crippen molar-refractivity contribution in [3.8, 4) is 16.9 Å². The zero-order valence-corrected chi connectivity index (χ0v) is 16.7. The van der Waals surface area contributed by atoms with Gasteiger partial charge in [0, 0.05) is 30.4 Å². The molecule has 0 aliphatic carbocycles. The van der Waals surface area contributed by atoms with Crippen molar-refractivity contribution in [1.82, 2.24) is 0 Å². The zero-order chi connectivity index (χ0) is 17.6. The third-order valence-corrected chi connectivity index (χ3v) is 5.35. The fraction of sp³-hybridized carbons (Fsp3) is 0.455. The molecule has 0 radical (unpaired) electrons. The largest absolute Gasteiger partial charge is 0.496 e. The lowest BCUT2D eigenvalue weighted by Gasteiger charge is -2.38. The highest BCUT2D eigenvalue weighted by atomic mass is 35.5. The first-order chi connectivity index (χ1) is 12.2. The summed E-state index contributed by atoms with van der Waals surface area (Å²) in [6.45, 7) is 4.34. The first-order valence-corrected chi connectivity index (χ1v) is 9.47. The van der Waals surface area contributed by atoms with E-state index < -0.39 is 0 Å². The summed E-state index contributed by atoms with van der Waals surface area (Å²) in [6, 6.07) is 17.3. The van der Waals surface area contributed by atoms with Crippen LogP contribution in [0.2, 0.25) is 0 Å². The Morgan fingerprint density at radius 1 is 1.15 bits per heavy atom. The first kappa shape index (κ1) is 20.6. The Kier molecular flexibility index (Phi) is 7.80. The van der Waals surface area contributed by atoms with Crippen molar-refractivity contribution in [2.75, 3.05) is 25.1 Å². The van der Waals surface area contributed by atoms with E-state index >= 15 is 0 Å². The fourth-order valence-electron chi connectivity index (χ4n) is 3.79. The molecule has 3 rings (SSSR count). The predicted octanol–water partition coefficient (Wildman–Crippen LogP) is 5.13. The van der Waals surface area contributed by atoms with Gasteiger partial charge in [0.25, 0.3) is 0 Å². The maximum atomic E-state index is 6.38. The SMILES string of the molecule is CCCC[C@H]1CN(c2ccc(OC)c(-c3ccccc3)c2)CC[C@H]1N.Cl. The molecule has 0 unspecified atom stereocenters. The standard InChI is InChI=1S/C22H30N2O.ClH/c1-3-4-8-18-16-24(14-13-21(18)23)19-11-12-22(25-2)20(15-19)17-9-6-5-7-10-17;/h5-7,9-12,15,18,21H,3-4,8,13-14,16,23H2,1-2H3;1H/t18-,21+;/m0./s1. The van der Waals surface area contributed by atoms with E-state index in [1.54, 1.807) is 7.11 Å². The minimum atomic E-state index is 0. The van der Waals surface area contributed by atoms with Gasteiger partial charge in [0.1, 0.15) is 5.75 Å². The van der Waals surface area contributed by atoms with Crippen LogP contribution >= 0.6 is 12.4 Å². The summed E-state index contributed by atoms with van der Waals surface area (Å²) in [6.07, 6.45) is 4.81. The van der Waals surface area contributed by atoms with Crippen molar-refractivity contribution in [2.45, 2.75) is 38.6 Å². The first-order valence-electron chi connectivity index (χ1n) is 9.47. The molecule has 0 spiro atoms. The van der Waals surface area contributed by atoms with Gasteiger partial charge < -0.3 is 15.4 Å². The third-order valence-electron chi connectivity index (χ3n) is 5.35. The van der Waals surface area contributed by atoms with Gasteiger partial charge in [-0.05, 0) is 42.5 Å². The molecule has 0 bridgehead atoms. The normalized spacial score (nSPS) is 19.7. The Balaban J connectivity index is 0.00000243. The molecule has 2 aromatic rings. The number of methoxy groups -OCH3 is 1. The maximum absolute atomic E-state index is 6.38. The number of hydrogen-bond acceptors (Lipinski definition) is 3. The van der Waals surface area contributed by atoms with Gasteiger partial charge in [-0.2, -0.15) is 0 Å². The van der Waals surface area contributed by atoms with Crippen LogP contribution in [0.15, 0.2) is 48.5 Å². The summed E-state index contributed by atoms with van der Waals surface area (Å²) in [5.74, 6) is 1.52. The lowest BCUT2D eigenvalue weighted by molar-refractivity contribution is 0.330. The van der Waals surface area contributed by atoms with Crippen molar-refractivity contribution >= 4 is 18.1 Å². The number of anilines is 1. The lowest BCUT2D eigenvalue weighted by Crippen LogP contribution is -2.47. The van der Waals surface area contributed by atoms with Crippen LogP contribution in [-0.4, -0.2) is 26.2 Å². The summed E-state index contributed by atoms with van der Waals surface area (Å²) in [5.41, 5.74) is 10.00. The average molecular weight is 375 g/mol. The predicted molar refractivity (Wildman–Crippen MR) is 113 cm³/mol. The van der Waals surface area contributed by atoms with Gasteiger partial charge in [-0.25, -0.2) is 0 Å². The quantitative estimate of drug-likeness (QED) is 0.761. The van der Waals surface area contributed by atoms with Crippen LogP contribution in [0, 0.1) is 5.92 Å². The van der Waals surface area contributed by atoms with Crippen LogP contribution in [0.4, 0.5) is 5.69 Å². The van der Waals surface area contributed by atoms with Gasteiger partial charge >= 0.3 is 0 Å². The molecule has 0 saturated carbocycles. The van der Waals surface area contributed by atoms with E-state index in [0.717, 1.165) is 30.8 Å². The van der Waals surface area contributed by atoms with Crippen molar-refractivity contribution in [3.63, 3.8) is 0 Å². The van der Waals surface area contributed by atoms with Gasteiger partial charge in [0.2, 0.25) is 0 Å². The highest BCUT2D eigenvalue weighted by Gasteiger charge is 2.26. The van der Waals surface area contributed by atoms with Crippen molar-refractivity contribution in [3.05, 3.63) is 48.5 Å². The molecule has 0 amide bonds. The monoisotopic (exact) mass is 374 g/mol. The van der Waals surface area contributed by atoms with Crippen molar-refractivity contribution in [1.29, 1.82) is 0 Å². The second-order valence-corrected chi connectivity index (χ2v) is 7.05. The van der Waals surface area contributed by atoms with E-state index in [1.807, 2.05) is 6.07 Å². The van der Waals surface area contributed by atoms with E-state index in [1.165, 1.54) is 30.5 Å². The fourth-order valence-corrected chi connectivity index (χ4v) is 3.79. The van der Waals surface area contributed by atoms with Gasteiger partial charge in [0.05, 0.1) is 7.11 Å². The van der Waals surface area contributed by atoms with Crippen molar-refractivity contribution in [2.24, 2.45) is 11.7 Å². The highest BCUT2D eigenvalue weighted by molar-refractivity contribution is 5.85. The van der Waals surface area contributed by atoms with Crippen LogP contribution < -0.4 is 15.4 Å². The number of unbranched alkanes of at least 4 members (excludes halogenated alkanes) is 1. The zero-order valence-electron chi connectivity index (χ0n) is 15.9. The molecular weight excluding hydrogens is 344 g/mol. The smallest absolute Gasteiger partial charge is 0.126 e. The number of benzene rings is 2. The Hall–Kier alpha value is -1.71. The van der Waals surface area contributed by atoms with Crippen molar-refractivity contribution < 1.29 is 4.74 Å². The molecule has 4 heteroatoms. The maximum Gasteiger partial charge on any atom is 0.126 e.